The molecule has 0 bridgehead atoms. The van der Waals surface area contributed by atoms with Gasteiger partial charge >= 0.3 is 0 Å². The summed E-state index contributed by atoms with van der Waals surface area (Å²) in [6, 6.07) is 17.3. The number of hydrogen-bond acceptors (Lipinski definition) is 5. The minimum absolute atomic E-state index is 0.0302. The van der Waals surface area contributed by atoms with Crippen molar-refractivity contribution < 1.29 is 23.5 Å². The third-order valence-corrected chi connectivity index (χ3v) is 7.55. The van der Waals surface area contributed by atoms with Gasteiger partial charge in [0.15, 0.2) is 0 Å². The van der Waals surface area contributed by atoms with Crippen molar-refractivity contribution in [2.45, 2.75) is 58.6 Å². The Balaban J connectivity index is 1.83. The van der Waals surface area contributed by atoms with E-state index in [9.17, 15) is 23.5 Å². The van der Waals surface area contributed by atoms with Gasteiger partial charge in [-0.25, -0.2) is 8.78 Å². The van der Waals surface area contributed by atoms with Gasteiger partial charge in [0, 0.05) is 68.7 Å². The summed E-state index contributed by atoms with van der Waals surface area (Å²) < 4.78 is 27.5. The number of anilines is 1. The van der Waals surface area contributed by atoms with Crippen LogP contribution in [0.25, 0.3) is 0 Å². The third kappa shape index (κ3) is 10.1. The second kappa shape index (κ2) is 16.9. The van der Waals surface area contributed by atoms with E-state index in [0.29, 0.717) is 49.3 Å². The van der Waals surface area contributed by atoms with Crippen LogP contribution in [0.2, 0.25) is 0 Å². The van der Waals surface area contributed by atoms with Crippen molar-refractivity contribution >= 4 is 17.5 Å². The Morgan fingerprint density at radius 2 is 1.39 bits per heavy atom. The van der Waals surface area contributed by atoms with Gasteiger partial charge in [0.05, 0.1) is 6.10 Å². The van der Waals surface area contributed by atoms with Gasteiger partial charge in [-0.2, -0.15) is 0 Å². The maximum Gasteiger partial charge on any atom is 0.253 e. The lowest BCUT2D eigenvalue weighted by atomic mass is 10.0. The number of nitrogens with two attached hydrogens (primary N) is 1. The molecule has 0 aliphatic heterocycles. The average molecular weight is 609 g/mol. The van der Waals surface area contributed by atoms with Gasteiger partial charge in [-0.05, 0) is 86.2 Å². The van der Waals surface area contributed by atoms with Gasteiger partial charge in [-0.15, -0.1) is 0 Å². The number of para-hydroxylation sites is 1. The van der Waals surface area contributed by atoms with Crippen LogP contribution in [-0.4, -0.2) is 78.6 Å². The van der Waals surface area contributed by atoms with E-state index in [1.54, 1.807) is 28.0 Å². The number of carbonyl (C=O) groups is 2. The Hall–Kier alpha value is -3.82. The van der Waals surface area contributed by atoms with Gasteiger partial charge in [0.25, 0.3) is 11.8 Å². The Morgan fingerprint density at radius 3 is 1.95 bits per heavy atom. The number of amides is 2. The highest BCUT2D eigenvalue weighted by Gasteiger charge is 2.25. The van der Waals surface area contributed by atoms with E-state index >= 15 is 0 Å². The van der Waals surface area contributed by atoms with E-state index in [0.717, 1.165) is 30.2 Å². The third-order valence-electron chi connectivity index (χ3n) is 7.55. The molecule has 3 aromatic carbocycles. The Labute approximate surface area is 260 Å². The molecule has 0 aromatic heterocycles. The predicted molar refractivity (Wildman–Crippen MR) is 172 cm³/mol. The molecule has 0 heterocycles. The molecule has 44 heavy (non-hydrogen) atoms. The molecule has 0 aliphatic rings. The lowest BCUT2D eigenvalue weighted by Gasteiger charge is -2.29. The number of rotatable bonds is 16. The summed E-state index contributed by atoms with van der Waals surface area (Å²) in [5.41, 5.74) is 9.22. The monoisotopic (exact) mass is 608 g/mol. The standard InChI is InChI=1S/C35H46F2N4O3/c1-5-13-40(14-6-2)34(43)27-17-25(3)18-28(22-27)35(44)41(16-10-15-39(4)31-11-8-7-9-12-31)24-33(42)32(38)21-26-19-29(36)23-30(37)20-26/h7-9,11-12,17-20,22-23,32-33,42H,5-6,10,13-16,21,24,38H2,1-4H3/t32-,33+/m0/s1. The molecule has 0 spiro atoms. The zero-order valence-corrected chi connectivity index (χ0v) is 26.3. The molecule has 7 nitrogen and oxygen atoms in total. The van der Waals surface area contributed by atoms with E-state index < -0.39 is 23.8 Å². The highest BCUT2D eigenvalue weighted by molar-refractivity contribution is 6.00. The minimum Gasteiger partial charge on any atom is -0.390 e. The van der Waals surface area contributed by atoms with Gasteiger partial charge < -0.3 is 25.5 Å². The number of aliphatic hydroxyl groups excluding tert-OH is 1. The second-order valence-corrected chi connectivity index (χ2v) is 11.5. The number of aryl methyl sites for hydroxylation is 1. The van der Waals surface area contributed by atoms with Crippen LogP contribution in [0.4, 0.5) is 14.5 Å². The van der Waals surface area contributed by atoms with Crippen LogP contribution in [0.3, 0.4) is 0 Å². The highest BCUT2D eigenvalue weighted by atomic mass is 19.1. The molecule has 9 heteroatoms. The number of benzene rings is 3. The van der Waals surface area contributed by atoms with Crippen LogP contribution in [0, 0.1) is 18.6 Å². The van der Waals surface area contributed by atoms with Crippen molar-refractivity contribution in [3.8, 4) is 0 Å². The van der Waals surface area contributed by atoms with Crippen molar-refractivity contribution in [3.63, 3.8) is 0 Å². The highest BCUT2D eigenvalue weighted by Crippen LogP contribution is 2.18. The van der Waals surface area contributed by atoms with Gasteiger partial charge in [0.2, 0.25) is 0 Å². The van der Waals surface area contributed by atoms with Crippen molar-refractivity contribution in [2.24, 2.45) is 5.73 Å². The molecule has 2 atom stereocenters. The summed E-state index contributed by atoms with van der Waals surface area (Å²) in [6.07, 6.45) is 1.13. The number of halogens is 2. The Bertz CT molecular complexity index is 1350. The van der Waals surface area contributed by atoms with Crippen LogP contribution in [-0.2, 0) is 6.42 Å². The summed E-state index contributed by atoms with van der Waals surface area (Å²) in [5, 5.41) is 11.1. The second-order valence-electron chi connectivity index (χ2n) is 11.5. The van der Waals surface area contributed by atoms with E-state index in [4.69, 9.17) is 5.73 Å². The molecule has 0 radical (unpaired) electrons. The first-order valence-electron chi connectivity index (χ1n) is 15.4. The van der Waals surface area contributed by atoms with Gasteiger partial charge in [-0.3, -0.25) is 9.59 Å². The zero-order valence-electron chi connectivity index (χ0n) is 26.3. The maximum atomic E-state index is 14.0. The number of nitrogens with zero attached hydrogens (tertiary/aromatic N) is 3. The Kier molecular flexibility index (Phi) is 13.3. The fourth-order valence-electron chi connectivity index (χ4n) is 5.33. The summed E-state index contributed by atoms with van der Waals surface area (Å²) in [6.45, 7) is 8.04. The van der Waals surface area contributed by atoms with E-state index in [1.165, 1.54) is 12.1 Å². The van der Waals surface area contributed by atoms with E-state index in [-0.39, 0.29) is 24.8 Å². The van der Waals surface area contributed by atoms with Crippen LogP contribution < -0.4 is 10.6 Å². The molecule has 0 fully saturated rings. The zero-order chi connectivity index (χ0) is 32.2. The summed E-state index contributed by atoms with van der Waals surface area (Å²) in [5.74, 6) is -1.89. The quantitative estimate of drug-likeness (QED) is 0.226. The first-order chi connectivity index (χ1) is 21.0. The molecule has 3 aromatic rings. The van der Waals surface area contributed by atoms with Crippen molar-refractivity contribution in [1.82, 2.24) is 9.80 Å². The van der Waals surface area contributed by atoms with Crippen LogP contribution in [0.15, 0.2) is 66.7 Å². The van der Waals surface area contributed by atoms with Gasteiger partial charge in [0.1, 0.15) is 11.6 Å². The number of hydrogen-bond donors (Lipinski definition) is 2. The minimum atomic E-state index is -1.16. The van der Waals surface area contributed by atoms with E-state index in [1.807, 2.05) is 58.2 Å². The molecule has 0 saturated heterocycles. The van der Waals surface area contributed by atoms with Crippen molar-refractivity contribution in [2.75, 3.05) is 44.7 Å². The molecule has 238 valence electrons. The molecule has 2 amide bonds. The SMILES string of the molecule is CCCN(CCC)C(=O)c1cc(C)cc(C(=O)N(CCCN(C)c2ccccc2)C[C@@H](O)[C@@H](N)Cc2cc(F)cc(F)c2)c1. The first-order valence-corrected chi connectivity index (χ1v) is 15.4. The largest absolute Gasteiger partial charge is 0.390 e. The predicted octanol–water partition coefficient (Wildman–Crippen LogP) is 5.44. The molecule has 3 N–H and O–H groups in total. The smallest absolute Gasteiger partial charge is 0.253 e. The summed E-state index contributed by atoms with van der Waals surface area (Å²) >= 11 is 0. The molecule has 0 saturated carbocycles. The van der Waals surface area contributed by atoms with Crippen LogP contribution in [0.1, 0.15) is 65.0 Å². The molecule has 0 unspecified atom stereocenters. The topological polar surface area (TPSA) is 90.1 Å². The average Bonchev–Trinajstić information content (AvgIpc) is 2.99. The van der Waals surface area contributed by atoms with Crippen molar-refractivity contribution in [1.29, 1.82) is 0 Å². The normalized spacial score (nSPS) is 12.5. The molecular weight excluding hydrogens is 562 g/mol. The summed E-state index contributed by atoms with van der Waals surface area (Å²) in [7, 11) is 1.97. The lowest BCUT2D eigenvalue weighted by Crippen LogP contribution is -2.47. The van der Waals surface area contributed by atoms with Gasteiger partial charge in [-0.1, -0.05) is 32.0 Å². The molecular formula is C35H46F2N4O3. The number of aliphatic hydroxyl groups is 1. The summed E-state index contributed by atoms with van der Waals surface area (Å²) in [4.78, 5) is 32.8. The fourth-order valence-corrected chi connectivity index (χ4v) is 5.33. The molecule has 3 rings (SSSR count). The van der Waals surface area contributed by atoms with Crippen LogP contribution in [0.5, 0.6) is 0 Å². The van der Waals surface area contributed by atoms with Crippen LogP contribution >= 0.6 is 0 Å². The fraction of sp³-hybridized carbons (Fsp3) is 0.429. The lowest BCUT2D eigenvalue weighted by molar-refractivity contribution is 0.0572. The Morgan fingerprint density at radius 1 is 0.818 bits per heavy atom. The maximum absolute atomic E-state index is 14.0. The first kappa shape index (κ1) is 34.7. The van der Waals surface area contributed by atoms with Crippen molar-refractivity contribution in [3.05, 3.63) is 101 Å². The number of carbonyl (C=O) groups excluding carboxylic acids is 2. The molecule has 0 aliphatic carbocycles. The van der Waals surface area contributed by atoms with E-state index in [2.05, 4.69) is 4.90 Å².